The van der Waals surface area contributed by atoms with Crippen molar-refractivity contribution >= 4 is 17.4 Å². The summed E-state index contributed by atoms with van der Waals surface area (Å²) >= 11 is 1.74. The topological polar surface area (TPSA) is 53.4 Å². The van der Waals surface area contributed by atoms with Crippen molar-refractivity contribution in [3.8, 4) is 0 Å². The van der Waals surface area contributed by atoms with Crippen molar-refractivity contribution in [3.63, 3.8) is 0 Å². The summed E-state index contributed by atoms with van der Waals surface area (Å²) in [5.74, 6) is 0. The molecule has 0 saturated carbocycles. The number of thiophene rings is 1. The number of carbonyl (C=O) groups excluding carboxylic acids is 1. The fourth-order valence-electron chi connectivity index (χ4n) is 2.89. The zero-order valence-electron chi connectivity index (χ0n) is 13.6. The molecular formula is C16H23N5OS. The second-order valence-electron chi connectivity index (χ2n) is 5.86. The molecule has 0 aromatic carbocycles. The number of aromatic nitrogens is 2. The van der Waals surface area contributed by atoms with Crippen LogP contribution in [0.15, 0.2) is 29.1 Å². The van der Waals surface area contributed by atoms with E-state index in [0.717, 1.165) is 31.9 Å². The van der Waals surface area contributed by atoms with E-state index >= 15 is 0 Å². The predicted molar refractivity (Wildman–Crippen MR) is 91.3 cm³/mol. The molecule has 0 bridgehead atoms. The van der Waals surface area contributed by atoms with Gasteiger partial charge >= 0.3 is 6.03 Å². The van der Waals surface area contributed by atoms with E-state index in [9.17, 15) is 4.79 Å². The number of aryl methyl sites for hydroxylation is 1. The lowest BCUT2D eigenvalue weighted by atomic mass is 10.1. The molecule has 6 nitrogen and oxygen atoms in total. The maximum absolute atomic E-state index is 12.3. The number of carbonyl (C=O) groups is 1. The van der Waals surface area contributed by atoms with Gasteiger partial charge in [0, 0.05) is 45.5 Å². The van der Waals surface area contributed by atoms with Crippen LogP contribution >= 0.6 is 11.3 Å². The van der Waals surface area contributed by atoms with E-state index in [0.29, 0.717) is 12.6 Å². The first kappa shape index (κ1) is 16.0. The van der Waals surface area contributed by atoms with E-state index in [1.54, 1.807) is 22.2 Å². The maximum Gasteiger partial charge on any atom is 0.317 e. The largest absolute Gasteiger partial charge is 0.332 e. The number of urea groups is 1. The van der Waals surface area contributed by atoms with Gasteiger partial charge in [0.1, 0.15) is 0 Å². The molecule has 2 amide bonds. The minimum absolute atomic E-state index is 0.00837. The van der Waals surface area contributed by atoms with Gasteiger partial charge in [0.05, 0.1) is 12.2 Å². The van der Waals surface area contributed by atoms with Gasteiger partial charge in [-0.2, -0.15) is 16.4 Å². The van der Waals surface area contributed by atoms with Gasteiger partial charge in [-0.1, -0.05) is 0 Å². The van der Waals surface area contributed by atoms with Crippen molar-refractivity contribution in [2.75, 3.05) is 26.2 Å². The minimum Gasteiger partial charge on any atom is -0.332 e. The highest BCUT2D eigenvalue weighted by molar-refractivity contribution is 7.07. The molecule has 7 heteroatoms. The summed E-state index contributed by atoms with van der Waals surface area (Å²) in [6.07, 6.45) is 1.74. The molecule has 2 aromatic rings. The Hall–Kier alpha value is -1.86. The van der Waals surface area contributed by atoms with Crippen LogP contribution in [0.5, 0.6) is 0 Å². The lowest BCUT2D eigenvalue weighted by molar-refractivity contribution is 0.114. The molecule has 1 fully saturated rings. The van der Waals surface area contributed by atoms with E-state index in [4.69, 9.17) is 0 Å². The van der Waals surface area contributed by atoms with Crippen LogP contribution < -0.4 is 5.32 Å². The van der Waals surface area contributed by atoms with Crippen LogP contribution in [0.3, 0.4) is 0 Å². The van der Waals surface area contributed by atoms with Crippen LogP contribution in [0.4, 0.5) is 4.79 Å². The van der Waals surface area contributed by atoms with Gasteiger partial charge in [-0.05, 0) is 35.4 Å². The zero-order chi connectivity index (χ0) is 16.2. The molecule has 1 saturated heterocycles. The summed E-state index contributed by atoms with van der Waals surface area (Å²) in [6.45, 7) is 6.12. The third-order valence-electron chi connectivity index (χ3n) is 4.52. The third kappa shape index (κ3) is 3.73. The number of hydrogen-bond acceptors (Lipinski definition) is 4. The standard InChI is InChI=1S/C16H23N5OS/c1-13(14-4-10-23-12-14)20-6-8-21(9-7-20)16(22)17-11-15-3-5-18-19(15)2/h3-5,10,12-13H,6-9,11H2,1-2H3,(H,17,22)/t13-/m1/s1. The Kier molecular flexibility index (Phi) is 4.97. The van der Waals surface area contributed by atoms with Gasteiger partial charge in [0.2, 0.25) is 0 Å². The molecule has 0 spiro atoms. The second-order valence-corrected chi connectivity index (χ2v) is 6.64. The van der Waals surface area contributed by atoms with E-state index in [1.807, 2.05) is 18.0 Å². The molecular weight excluding hydrogens is 310 g/mol. The van der Waals surface area contributed by atoms with Crippen molar-refractivity contribution in [2.45, 2.75) is 19.5 Å². The van der Waals surface area contributed by atoms with Crippen LogP contribution in [0.1, 0.15) is 24.2 Å². The van der Waals surface area contributed by atoms with E-state index in [2.05, 4.69) is 39.1 Å². The molecule has 124 valence electrons. The lowest BCUT2D eigenvalue weighted by Gasteiger charge is -2.37. The van der Waals surface area contributed by atoms with Crippen LogP contribution in [0.25, 0.3) is 0 Å². The first-order valence-corrected chi connectivity index (χ1v) is 8.85. The predicted octanol–water partition coefficient (Wildman–Crippen LogP) is 2.07. The third-order valence-corrected chi connectivity index (χ3v) is 5.22. The van der Waals surface area contributed by atoms with Crippen molar-refractivity contribution in [1.82, 2.24) is 24.9 Å². The van der Waals surface area contributed by atoms with Crippen molar-refractivity contribution in [3.05, 3.63) is 40.3 Å². The highest BCUT2D eigenvalue weighted by Crippen LogP contribution is 2.23. The van der Waals surface area contributed by atoms with Gasteiger partial charge in [-0.3, -0.25) is 9.58 Å². The Balaban J connectivity index is 1.47. The van der Waals surface area contributed by atoms with Crippen LogP contribution in [-0.2, 0) is 13.6 Å². The first-order chi connectivity index (χ1) is 11.1. The SMILES string of the molecule is C[C@H](c1ccsc1)N1CCN(C(=O)NCc2ccnn2C)CC1. The Labute approximate surface area is 140 Å². The molecule has 3 heterocycles. The molecule has 0 radical (unpaired) electrons. The summed E-state index contributed by atoms with van der Waals surface area (Å²) in [4.78, 5) is 16.6. The molecule has 2 aromatic heterocycles. The second kappa shape index (κ2) is 7.14. The van der Waals surface area contributed by atoms with Crippen molar-refractivity contribution in [1.29, 1.82) is 0 Å². The number of piperazine rings is 1. The van der Waals surface area contributed by atoms with E-state index < -0.39 is 0 Å². The van der Waals surface area contributed by atoms with E-state index in [1.165, 1.54) is 5.56 Å². The summed E-state index contributed by atoms with van der Waals surface area (Å²) in [5, 5.41) is 11.4. The Bertz CT molecular complexity index is 631. The molecule has 1 atom stereocenters. The smallest absolute Gasteiger partial charge is 0.317 e. The molecule has 3 rings (SSSR count). The van der Waals surface area contributed by atoms with Gasteiger partial charge in [0.25, 0.3) is 0 Å². The molecule has 0 aliphatic carbocycles. The molecule has 0 unspecified atom stereocenters. The highest BCUT2D eigenvalue weighted by Gasteiger charge is 2.24. The molecule has 1 N–H and O–H groups in total. The van der Waals surface area contributed by atoms with E-state index in [-0.39, 0.29) is 6.03 Å². The van der Waals surface area contributed by atoms with Crippen LogP contribution in [0, 0.1) is 0 Å². The quantitative estimate of drug-likeness (QED) is 0.932. The average molecular weight is 333 g/mol. The highest BCUT2D eigenvalue weighted by atomic mass is 32.1. The zero-order valence-corrected chi connectivity index (χ0v) is 14.4. The van der Waals surface area contributed by atoms with Crippen molar-refractivity contribution in [2.24, 2.45) is 7.05 Å². The number of nitrogens with zero attached hydrogens (tertiary/aromatic N) is 4. The summed E-state index contributed by atoms with van der Waals surface area (Å²) in [7, 11) is 1.88. The first-order valence-electron chi connectivity index (χ1n) is 7.91. The number of amides is 2. The van der Waals surface area contributed by atoms with Crippen molar-refractivity contribution < 1.29 is 4.79 Å². The number of rotatable bonds is 4. The number of hydrogen-bond donors (Lipinski definition) is 1. The average Bonchev–Trinajstić information content (AvgIpc) is 3.24. The molecule has 1 aliphatic rings. The normalized spacial score (nSPS) is 17.2. The van der Waals surface area contributed by atoms with Gasteiger partial charge in [-0.15, -0.1) is 0 Å². The summed E-state index contributed by atoms with van der Waals surface area (Å²) < 4.78 is 1.78. The Morgan fingerprint density at radius 1 is 1.35 bits per heavy atom. The maximum atomic E-state index is 12.3. The van der Waals surface area contributed by atoms with Gasteiger partial charge < -0.3 is 10.2 Å². The Morgan fingerprint density at radius 2 is 2.13 bits per heavy atom. The summed E-state index contributed by atoms with van der Waals surface area (Å²) in [5.41, 5.74) is 2.37. The molecule has 1 aliphatic heterocycles. The Morgan fingerprint density at radius 3 is 2.74 bits per heavy atom. The lowest BCUT2D eigenvalue weighted by Crippen LogP contribution is -2.52. The fraction of sp³-hybridized carbons (Fsp3) is 0.500. The van der Waals surface area contributed by atoms with Crippen LogP contribution in [0.2, 0.25) is 0 Å². The minimum atomic E-state index is 0.00837. The monoisotopic (exact) mass is 333 g/mol. The van der Waals surface area contributed by atoms with Gasteiger partial charge in [0.15, 0.2) is 0 Å². The molecule has 23 heavy (non-hydrogen) atoms. The number of nitrogens with one attached hydrogen (secondary N) is 1. The summed E-state index contributed by atoms with van der Waals surface area (Å²) in [6, 6.07) is 4.53. The van der Waals surface area contributed by atoms with Gasteiger partial charge in [-0.25, -0.2) is 4.79 Å². The fourth-order valence-corrected chi connectivity index (χ4v) is 3.64. The van der Waals surface area contributed by atoms with Crippen LogP contribution in [-0.4, -0.2) is 51.8 Å².